The Kier molecular flexibility index (Phi) is 4.08. The average molecular weight is 338 g/mol. The van der Waals surface area contributed by atoms with Gasteiger partial charge in [0.05, 0.1) is 14.2 Å². The molecule has 1 fully saturated rings. The maximum absolute atomic E-state index is 6.39. The predicted molar refractivity (Wildman–Crippen MR) is 100 cm³/mol. The Morgan fingerprint density at radius 3 is 2.56 bits per heavy atom. The molecule has 132 valence electrons. The van der Waals surface area contributed by atoms with E-state index in [1.54, 1.807) is 14.2 Å². The number of piperidine rings is 1. The van der Waals surface area contributed by atoms with Crippen LogP contribution in [0.15, 0.2) is 36.4 Å². The molecule has 4 rings (SSSR count). The number of hydrogen-bond acceptors (Lipinski definition) is 4. The molecule has 25 heavy (non-hydrogen) atoms. The van der Waals surface area contributed by atoms with Crippen LogP contribution in [0.2, 0.25) is 0 Å². The number of para-hydroxylation sites is 1. The van der Waals surface area contributed by atoms with Crippen LogP contribution < -0.4 is 15.2 Å². The smallest absolute Gasteiger partial charge is 0.164 e. The second-order valence-electron chi connectivity index (χ2n) is 7.14. The highest BCUT2D eigenvalue weighted by Crippen LogP contribution is 2.59. The second-order valence-corrected chi connectivity index (χ2v) is 7.14. The van der Waals surface area contributed by atoms with Crippen molar-refractivity contribution >= 4 is 5.69 Å². The monoisotopic (exact) mass is 338 g/mol. The topological polar surface area (TPSA) is 47.7 Å². The normalized spacial score (nSPS) is 25.3. The lowest BCUT2D eigenvalue weighted by Crippen LogP contribution is -2.34. The van der Waals surface area contributed by atoms with Crippen molar-refractivity contribution in [2.75, 3.05) is 33.5 Å². The molecule has 3 atom stereocenters. The highest BCUT2D eigenvalue weighted by atomic mass is 16.5. The van der Waals surface area contributed by atoms with Gasteiger partial charge in [-0.1, -0.05) is 24.3 Å². The Bertz CT molecular complexity index is 789. The first-order valence-corrected chi connectivity index (χ1v) is 8.96. The van der Waals surface area contributed by atoms with Gasteiger partial charge in [-0.15, -0.1) is 0 Å². The minimum absolute atomic E-state index is 0.244. The molecule has 1 aliphatic heterocycles. The van der Waals surface area contributed by atoms with Gasteiger partial charge in [0.25, 0.3) is 0 Å². The van der Waals surface area contributed by atoms with E-state index in [0.29, 0.717) is 12.0 Å². The molecule has 2 aromatic rings. The van der Waals surface area contributed by atoms with Gasteiger partial charge in [0, 0.05) is 23.2 Å². The number of anilines is 1. The zero-order valence-electron chi connectivity index (χ0n) is 15.2. The van der Waals surface area contributed by atoms with Crippen LogP contribution in [0.1, 0.15) is 41.5 Å². The first-order chi connectivity index (χ1) is 12.2. The van der Waals surface area contributed by atoms with Crippen LogP contribution in [0, 0.1) is 5.92 Å². The molecule has 2 aliphatic rings. The van der Waals surface area contributed by atoms with Gasteiger partial charge in [0.15, 0.2) is 11.5 Å². The van der Waals surface area contributed by atoms with Crippen LogP contribution >= 0.6 is 0 Å². The van der Waals surface area contributed by atoms with Crippen molar-refractivity contribution < 1.29 is 9.47 Å². The summed E-state index contributed by atoms with van der Waals surface area (Å²) in [4.78, 5) is 2.48. The summed E-state index contributed by atoms with van der Waals surface area (Å²) < 4.78 is 11.4. The number of likely N-dealkylation sites (tertiary alicyclic amines) is 1. The van der Waals surface area contributed by atoms with E-state index in [2.05, 4.69) is 30.1 Å². The Labute approximate surface area is 149 Å². The zero-order chi connectivity index (χ0) is 17.6. The lowest BCUT2D eigenvalue weighted by molar-refractivity contribution is 0.127. The van der Waals surface area contributed by atoms with Crippen LogP contribution in [-0.4, -0.2) is 32.7 Å². The van der Waals surface area contributed by atoms with E-state index in [1.165, 1.54) is 29.5 Å². The quantitative estimate of drug-likeness (QED) is 0.865. The van der Waals surface area contributed by atoms with E-state index in [4.69, 9.17) is 15.2 Å². The van der Waals surface area contributed by atoms with Crippen LogP contribution in [0.5, 0.6) is 11.5 Å². The van der Waals surface area contributed by atoms with Crippen molar-refractivity contribution in [1.82, 2.24) is 4.90 Å². The van der Waals surface area contributed by atoms with Crippen molar-refractivity contribution in [3.63, 3.8) is 0 Å². The van der Waals surface area contributed by atoms with Gasteiger partial charge < -0.3 is 15.2 Å². The van der Waals surface area contributed by atoms with Gasteiger partial charge in [-0.05, 0) is 55.6 Å². The number of nitrogens with zero attached hydrogens (tertiary/aromatic N) is 1. The minimum atomic E-state index is 0.244. The lowest BCUT2D eigenvalue weighted by Gasteiger charge is -2.37. The van der Waals surface area contributed by atoms with E-state index in [1.807, 2.05) is 18.2 Å². The molecule has 1 heterocycles. The Morgan fingerprint density at radius 1 is 1.04 bits per heavy atom. The number of ether oxygens (including phenoxy) is 2. The van der Waals surface area contributed by atoms with Gasteiger partial charge in [0.2, 0.25) is 0 Å². The molecule has 0 amide bonds. The fraction of sp³-hybridized carbons (Fsp3) is 0.429. The summed E-state index contributed by atoms with van der Waals surface area (Å²) in [5, 5.41) is 0. The van der Waals surface area contributed by atoms with Crippen molar-refractivity contribution in [2.45, 2.75) is 24.8 Å². The Balaban J connectivity index is 1.97. The van der Waals surface area contributed by atoms with Gasteiger partial charge in [0.1, 0.15) is 0 Å². The molecule has 4 heteroatoms. The van der Waals surface area contributed by atoms with Crippen molar-refractivity contribution in [2.24, 2.45) is 5.92 Å². The van der Waals surface area contributed by atoms with Gasteiger partial charge in [-0.25, -0.2) is 0 Å². The number of nitrogen functional groups attached to an aromatic ring is 1. The fourth-order valence-electron chi connectivity index (χ4n) is 4.96. The van der Waals surface area contributed by atoms with E-state index in [0.717, 1.165) is 23.7 Å². The van der Waals surface area contributed by atoms with E-state index >= 15 is 0 Å². The van der Waals surface area contributed by atoms with Crippen LogP contribution in [-0.2, 0) is 0 Å². The average Bonchev–Trinajstić information content (AvgIpc) is 2.96. The summed E-state index contributed by atoms with van der Waals surface area (Å²) in [6.07, 6.45) is 2.42. The number of benzene rings is 2. The van der Waals surface area contributed by atoms with E-state index < -0.39 is 0 Å². The van der Waals surface area contributed by atoms with Crippen molar-refractivity contribution in [3.8, 4) is 11.5 Å². The molecule has 0 saturated carbocycles. The Hall–Kier alpha value is -2.20. The maximum Gasteiger partial charge on any atom is 0.164 e. The fourth-order valence-corrected chi connectivity index (χ4v) is 4.96. The summed E-state index contributed by atoms with van der Waals surface area (Å²) in [6, 6.07) is 12.9. The molecule has 3 unspecified atom stereocenters. The first kappa shape index (κ1) is 16.3. The number of nitrogens with two attached hydrogens (primary N) is 1. The van der Waals surface area contributed by atoms with Gasteiger partial charge in [-0.3, -0.25) is 4.90 Å². The van der Waals surface area contributed by atoms with E-state index in [9.17, 15) is 0 Å². The molecule has 2 N–H and O–H groups in total. The minimum Gasteiger partial charge on any atom is -0.493 e. The third-order valence-corrected chi connectivity index (χ3v) is 5.94. The zero-order valence-corrected chi connectivity index (χ0v) is 15.2. The number of fused-ring (bicyclic) bond motifs is 3. The van der Waals surface area contributed by atoms with E-state index in [-0.39, 0.29) is 5.92 Å². The molecular formula is C21H26N2O2. The van der Waals surface area contributed by atoms with Crippen LogP contribution in [0.4, 0.5) is 5.69 Å². The number of methoxy groups -OCH3 is 2. The number of hydrogen-bond donors (Lipinski definition) is 1. The Morgan fingerprint density at radius 2 is 1.84 bits per heavy atom. The predicted octanol–water partition coefficient (Wildman–Crippen LogP) is 3.81. The maximum atomic E-state index is 6.39. The summed E-state index contributed by atoms with van der Waals surface area (Å²) in [5.74, 6) is 2.41. The molecule has 0 aromatic heterocycles. The largest absolute Gasteiger partial charge is 0.493 e. The standard InChI is InChI=1S/C21H26N2O2/c1-23-12-6-8-14-18(13-7-4-5-9-16(13)22)19-15(20(14)23)10-11-17(24-2)21(19)25-3/h4-5,7,9-11,14,18,20H,6,8,12,22H2,1-3H3. The van der Waals surface area contributed by atoms with Gasteiger partial charge in [-0.2, -0.15) is 0 Å². The third-order valence-electron chi connectivity index (χ3n) is 5.94. The molecule has 1 saturated heterocycles. The molecule has 4 nitrogen and oxygen atoms in total. The third kappa shape index (κ3) is 2.39. The summed E-state index contributed by atoms with van der Waals surface area (Å²) in [6.45, 7) is 1.13. The van der Waals surface area contributed by atoms with Crippen LogP contribution in [0.3, 0.4) is 0 Å². The lowest BCUT2D eigenvalue weighted by atomic mass is 9.79. The highest BCUT2D eigenvalue weighted by Gasteiger charge is 2.47. The number of rotatable bonds is 3. The van der Waals surface area contributed by atoms with Crippen molar-refractivity contribution in [1.29, 1.82) is 0 Å². The van der Waals surface area contributed by atoms with Crippen molar-refractivity contribution in [3.05, 3.63) is 53.1 Å². The first-order valence-electron chi connectivity index (χ1n) is 8.96. The second kappa shape index (κ2) is 6.26. The summed E-state index contributed by atoms with van der Waals surface area (Å²) in [5.41, 5.74) is 11.1. The van der Waals surface area contributed by atoms with Gasteiger partial charge >= 0.3 is 0 Å². The SMILES string of the molecule is COc1ccc2c(c1OC)C(c1ccccc1N)C1CCCN(C)C21. The molecule has 2 aromatic carbocycles. The van der Waals surface area contributed by atoms with Crippen LogP contribution in [0.25, 0.3) is 0 Å². The molecular weight excluding hydrogens is 312 g/mol. The summed E-state index contributed by atoms with van der Waals surface area (Å²) in [7, 11) is 5.66. The molecule has 1 aliphatic carbocycles. The molecule has 0 bridgehead atoms. The highest BCUT2D eigenvalue weighted by molar-refractivity contribution is 5.63. The summed E-state index contributed by atoms with van der Waals surface area (Å²) >= 11 is 0. The molecule has 0 spiro atoms. The molecule has 0 radical (unpaired) electrons.